The zero-order valence-corrected chi connectivity index (χ0v) is 13.3. The molecule has 0 aromatic heterocycles. The molecule has 4 nitrogen and oxygen atoms in total. The van der Waals surface area contributed by atoms with Crippen LogP contribution < -0.4 is 5.32 Å². The van der Waals surface area contributed by atoms with Crippen LogP contribution in [0.4, 0.5) is 5.69 Å². The molecule has 0 spiro atoms. The quantitative estimate of drug-likeness (QED) is 0.850. The summed E-state index contributed by atoms with van der Waals surface area (Å²) in [6.07, 6.45) is 1.27. The fraction of sp³-hybridized carbons (Fsp3) is 0.357. The number of aryl methyl sites for hydroxylation is 2. The van der Waals surface area contributed by atoms with Crippen molar-refractivity contribution in [3.05, 3.63) is 40.9 Å². The molecule has 1 N–H and O–H groups in total. The lowest BCUT2D eigenvalue weighted by Gasteiger charge is -2.15. The third-order valence-corrected chi connectivity index (χ3v) is 5.23. The summed E-state index contributed by atoms with van der Waals surface area (Å²) in [5.74, 6) is -0.831. The van der Waals surface area contributed by atoms with Crippen molar-refractivity contribution in [3.8, 4) is 0 Å². The van der Waals surface area contributed by atoms with Crippen LogP contribution in [0.25, 0.3) is 0 Å². The van der Waals surface area contributed by atoms with Gasteiger partial charge in [0, 0.05) is 0 Å². The van der Waals surface area contributed by atoms with E-state index in [1.807, 2.05) is 13.0 Å². The smallest absolute Gasteiger partial charge is 0.242 e. The Balaban J connectivity index is 3.00. The normalized spacial score (nSPS) is 12.8. The highest BCUT2D eigenvalue weighted by molar-refractivity contribution is 7.92. The van der Waals surface area contributed by atoms with Crippen LogP contribution in [0.2, 0.25) is 5.02 Å². The molecule has 0 aliphatic rings. The Kier molecular flexibility index (Phi) is 5.36. The number of rotatable bonds is 5. The Hall–Kier alpha value is -1.33. The van der Waals surface area contributed by atoms with E-state index in [4.69, 9.17) is 11.6 Å². The first kappa shape index (κ1) is 16.7. The number of anilines is 1. The maximum atomic E-state index is 12.0. The Labute approximate surface area is 124 Å². The number of amides is 1. The summed E-state index contributed by atoms with van der Waals surface area (Å²) < 4.78 is 23.6. The Morgan fingerprint density at radius 3 is 2.55 bits per heavy atom. The van der Waals surface area contributed by atoms with Gasteiger partial charge in [0.2, 0.25) is 5.91 Å². The number of carbonyl (C=O) groups excluding carboxylic acids is 1. The minimum atomic E-state index is -3.54. The number of nitrogens with one attached hydrogen (secondary N) is 1. The highest BCUT2D eigenvalue weighted by Gasteiger charge is 2.27. The minimum Gasteiger partial charge on any atom is -0.323 e. The van der Waals surface area contributed by atoms with Crippen LogP contribution in [0.3, 0.4) is 0 Å². The third-order valence-electron chi connectivity index (χ3n) is 2.94. The number of carbonyl (C=O) groups is 1. The van der Waals surface area contributed by atoms with Gasteiger partial charge in [0.15, 0.2) is 9.84 Å². The van der Waals surface area contributed by atoms with Crippen molar-refractivity contribution in [1.82, 2.24) is 0 Å². The summed E-state index contributed by atoms with van der Waals surface area (Å²) in [7, 11) is -3.54. The second kappa shape index (κ2) is 6.41. The molecule has 1 atom stereocenters. The third kappa shape index (κ3) is 3.84. The molecule has 0 aliphatic heterocycles. The molecule has 1 unspecified atom stereocenters. The maximum absolute atomic E-state index is 12.0. The van der Waals surface area contributed by atoms with Gasteiger partial charge in [-0.15, -0.1) is 6.58 Å². The molecule has 1 rings (SSSR count). The van der Waals surface area contributed by atoms with Crippen LogP contribution >= 0.6 is 11.6 Å². The van der Waals surface area contributed by atoms with Gasteiger partial charge in [0.25, 0.3) is 0 Å². The van der Waals surface area contributed by atoms with Crippen molar-refractivity contribution in [3.63, 3.8) is 0 Å². The SMILES string of the molecule is C=CCS(=O)(=O)C(C)C(=O)Nc1c(C)cc(C)cc1Cl. The fourth-order valence-electron chi connectivity index (χ4n) is 1.77. The molecule has 1 amide bonds. The molecular weight excluding hydrogens is 298 g/mol. The summed E-state index contributed by atoms with van der Waals surface area (Å²) in [6, 6.07) is 3.58. The number of sulfone groups is 1. The van der Waals surface area contributed by atoms with Crippen LogP contribution in [0.5, 0.6) is 0 Å². The van der Waals surface area contributed by atoms with Gasteiger partial charge >= 0.3 is 0 Å². The second-order valence-electron chi connectivity index (χ2n) is 4.69. The predicted molar refractivity (Wildman–Crippen MR) is 83.0 cm³/mol. The molecule has 0 saturated heterocycles. The lowest BCUT2D eigenvalue weighted by atomic mass is 10.1. The van der Waals surface area contributed by atoms with Crippen molar-refractivity contribution in [1.29, 1.82) is 0 Å². The molecule has 20 heavy (non-hydrogen) atoms. The van der Waals surface area contributed by atoms with Crippen molar-refractivity contribution in [2.75, 3.05) is 11.1 Å². The number of hydrogen-bond donors (Lipinski definition) is 1. The summed E-state index contributed by atoms with van der Waals surface area (Å²) in [6.45, 7) is 8.42. The number of benzene rings is 1. The Bertz CT molecular complexity index is 615. The van der Waals surface area contributed by atoms with Crippen molar-refractivity contribution >= 4 is 33.0 Å². The van der Waals surface area contributed by atoms with E-state index < -0.39 is 21.0 Å². The molecule has 1 aromatic carbocycles. The standard InChI is InChI=1S/C14H18ClNO3S/c1-5-6-20(18,19)11(4)14(17)16-13-10(3)7-9(2)8-12(13)15/h5,7-8,11H,1,6H2,2-4H3,(H,16,17). The van der Waals surface area contributed by atoms with E-state index in [1.165, 1.54) is 13.0 Å². The van der Waals surface area contributed by atoms with Crippen LogP contribution in [0.1, 0.15) is 18.1 Å². The predicted octanol–water partition coefficient (Wildman–Crippen LogP) is 2.88. The molecule has 0 fully saturated rings. The van der Waals surface area contributed by atoms with E-state index >= 15 is 0 Å². The maximum Gasteiger partial charge on any atom is 0.242 e. The average molecular weight is 316 g/mol. The van der Waals surface area contributed by atoms with Gasteiger partial charge in [0.05, 0.1) is 16.5 Å². The minimum absolute atomic E-state index is 0.234. The van der Waals surface area contributed by atoms with Gasteiger partial charge in [-0.05, 0) is 38.0 Å². The Morgan fingerprint density at radius 1 is 1.45 bits per heavy atom. The molecule has 0 radical (unpaired) electrons. The van der Waals surface area contributed by atoms with E-state index in [0.717, 1.165) is 11.1 Å². The summed E-state index contributed by atoms with van der Waals surface area (Å²) in [4.78, 5) is 12.0. The highest BCUT2D eigenvalue weighted by Crippen LogP contribution is 2.27. The summed E-state index contributed by atoms with van der Waals surface area (Å²) >= 11 is 6.08. The Morgan fingerprint density at radius 2 is 2.05 bits per heavy atom. The molecule has 0 bridgehead atoms. The van der Waals surface area contributed by atoms with Crippen LogP contribution in [0, 0.1) is 13.8 Å². The van der Waals surface area contributed by atoms with E-state index in [0.29, 0.717) is 10.7 Å². The van der Waals surface area contributed by atoms with Gasteiger partial charge in [-0.1, -0.05) is 23.7 Å². The fourth-order valence-corrected chi connectivity index (χ4v) is 3.14. The topological polar surface area (TPSA) is 63.2 Å². The lowest BCUT2D eigenvalue weighted by Crippen LogP contribution is -2.34. The van der Waals surface area contributed by atoms with E-state index in [1.54, 1.807) is 13.0 Å². The molecule has 0 heterocycles. The first-order chi connectivity index (χ1) is 9.19. The van der Waals surface area contributed by atoms with Gasteiger partial charge < -0.3 is 5.32 Å². The van der Waals surface area contributed by atoms with Crippen molar-refractivity contribution < 1.29 is 13.2 Å². The van der Waals surface area contributed by atoms with Gasteiger partial charge in [0.1, 0.15) is 5.25 Å². The van der Waals surface area contributed by atoms with E-state index in [9.17, 15) is 13.2 Å². The molecule has 0 aliphatic carbocycles. The van der Waals surface area contributed by atoms with Crippen LogP contribution in [-0.2, 0) is 14.6 Å². The van der Waals surface area contributed by atoms with Crippen molar-refractivity contribution in [2.45, 2.75) is 26.0 Å². The number of hydrogen-bond acceptors (Lipinski definition) is 3. The lowest BCUT2D eigenvalue weighted by molar-refractivity contribution is -0.115. The first-order valence-electron chi connectivity index (χ1n) is 6.09. The van der Waals surface area contributed by atoms with Crippen LogP contribution in [-0.4, -0.2) is 25.3 Å². The zero-order chi connectivity index (χ0) is 15.5. The molecule has 0 saturated carbocycles. The monoisotopic (exact) mass is 315 g/mol. The molecular formula is C14H18ClNO3S. The zero-order valence-electron chi connectivity index (χ0n) is 11.7. The summed E-state index contributed by atoms with van der Waals surface area (Å²) in [5.41, 5.74) is 2.21. The van der Waals surface area contributed by atoms with Crippen LogP contribution in [0.15, 0.2) is 24.8 Å². The van der Waals surface area contributed by atoms with Crippen molar-refractivity contribution in [2.24, 2.45) is 0 Å². The molecule has 1 aromatic rings. The number of halogens is 1. The highest BCUT2D eigenvalue weighted by atomic mass is 35.5. The average Bonchev–Trinajstić information content (AvgIpc) is 2.32. The largest absolute Gasteiger partial charge is 0.323 e. The summed E-state index contributed by atoms with van der Waals surface area (Å²) in [5, 5.41) is 1.82. The second-order valence-corrected chi connectivity index (χ2v) is 7.46. The van der Waals surface area contributed by atoms with Gasteiger partial charge in [-0.2, -0.15) is 0 Å². The van der Waals surface area contributed by atoms with Gasteiger partial charge in [-0.25, -0.2) is 8.42 Å². The van der Waals surface area contributed by atoms with E-state index in [-0.39, 0.29) is 5.75 Å². The van der Waals surface area contributed by atoms with Gasteiger partial charge in [-0.3, -0.25) is 4.79 Å². The first-order valence-corrected chi connectivity index (χ1v) is 8.18. The molecule has 110 valence electrons. The van der Waals surface area contributed by atoms with E-state index in [2.05, 4.69) is 11.9 Å². The molecule has 6 heteroatoms.